The van der Waals surface area contributed by atoms with E-state index in [4.69, 9.17) is 15.2 Å². The average molecular weight is 275 g/mol. The second kappa shape index (κ2) is 5.28. The van der Waals surface area contributed by atoms with E-state index >= 15 is 0 Å². The van der Waals surface area contributed by atoms with Gasteiger partial charge < -0.3 is 15.2 Å². The van der Waals surface area contributed by atoms with Gasteiger partial charge in [0.05, 0.1) is 13.2 Å². The van der Waals surface area contributed by atoms with E-state index in [1.165, 1.54) is 6.07 Å². The number of nitrogens with two attached hydrogens (primary N) is 1. The summed E-state index contributed by atoms with van der Waals surface area (Å²) in [7, 11) is 0. The number of benzene rings is 1. The molecule has 106 valence electrons. The Morgan fingerprint density at radius 3 is 2.42 bits per heavy atom. The Kier molecular flexibility index (Phi) is 3.89. The third kappa shape index (κ3) is 2.78. The van der Waals surface area contributed by atoms with Gasteiger partial charge in [0.15, 0.2) is 11.5 Å². The van der Waals surface area contributed by atoms with E-state index in [0.29, 0.717) is 25.1 Å². The lowest BCUT2D eigenvalue weighted by atomic mass is 9.97. The first kappa shape index (κ1) is 14.0. The molecule has 0 bridgehead atoms. The van der Waals surface area contributed by atoms with Crippen molar-refractivity contribution in [1.82, 2.24) is 0 Å². The third-order valence-corrected chi connectivity index (χ3v) is 3.11. The van der Waals surface area contributed by atoms with Crippen LogP contribution in [-0.4, -0.2) is 19.8 Å². The van der Waals surface area contributed by atoms with Gasteiger partial charge in [-0.1, -0.05) is 13.0 Å². The molecule has 0 saturated heterocycles. The molecular weight excluding hydrogens is 259 g/mol. The van der Waals surface area contributed by atoms with Gasteiger partial charge in [-0.2, -0.15) is 13.2 Å². The van der Waals surface area contributed by atoms with Gasteiger partial charge in [-0.25, -0.2) is 0 Å². The Hall–Kier alpha value is -1.43. The second-order valence-electron chi connectivity index (χ2n) is 4.55. The molecule has 1 heterocycles. The van der Waals surface area contributed by atoms with Crippen LogP contribution in [0.25, 0.3) is 0 Å². The maximum absolute atomic E-state index is 13.0. The van der Waals surface area contributed by atoms with Gasteiger partial charge in [-0.15, -0.1) is 0 Å². The Labute approximate surface area is 109 Å². The number of fused-ring (bicyclic) bond motifs is 1. The summed E-state index contributed by atoms with van der Waals surface area (Å²) in [5, 5.41) is 0. The van der Waals surface area contributed by atoms with Crippen LogP contribution in [0.5, 0.6) is 11.5 Å². The molecule has 1 aromatic carbocycles. The lowest BCUT2D eigenvalue weighted by Gasteiger charge is -2.20. The summed E-state index contributed by atoms with van der Waals surface area (Å²) < 4.78 is 49.6. The summed E-state index contributed by atoms with van der Waals surface area (Å²) >= 11 is 0. The molecule has 0 radical (unpaired) electrons. The number of hydrogen-bond donors (Lipinski definition) is 1. The predicted octanol–water partition coefficient (Wildman–Crippen LogP) is 2.93. The normalized spacial score (nSPS) is 16.9. The number of halogens is 3. The van der Waals surface area contributed by atoms with Crippen LogP contribution in [0, 0.1) is 0 Å². The third-order valence-electron chi connectivity index (χ3n) is 3.11. The van der Waals surface area contributed by atoms with Crippen molar-refractivity contribution < 1.29 is 22.6 Å². The zero-order valence-electron chi connectivity index (χ0n) is 10.6. The van der Waals surface area contributed by atoms with Crippen molar-refractivity contribution in [3.05, 3.63) is 23.3 Å². The Bertz CT molecular complexity index is 460. The molecule has 0 saturated carbocycles. The fraction of sp³-hybridized carbons (Fsp3) is 0.538. The molecule has 0 fully saturated rings. The van der Waals surface area contributed by atoms with E-state index in [2.05, 4.69) is 0 Å². The fourth-order valence-electron chi connectivity index (χ4n) is 2.02. The molecule has 0 amide bonds. The van der Waals surface area contributed by atoms with Crippen molar-refractivity contribution >= 4 is 0 Å². The molecule has 19 heavy (non-hydrogen) atoms. The fourth-order valence-corrected chi connectivity index (χ4v) is 2.02. The first-order valence-corrected chi connectivity index (χ1v) is 6.15. The summed E-state index contributed by atoms with van der Waals surface area (Å²) in [4.78, 5) is 0. The molecule has 2 N–H and O–H groups in total. The van der Waals surface area contributed by atoms with Crippen LogP contribution in [-0.2, 0) is 6.18 Å². The minimum atomic E-state index is -4.46. The highest BCUT2D eigenvalue weighted by atomic mass is 19.4. The largest absolute Gasteiger partial charge is 0.489 e. The molecular formula is C13H16F3NO2. The summed E-state index contributed by atoms with van der Waals surface area (Å²) in [5.74, 6) is -0.106. The molecule has 0 spiro atoms. The highest BCUT2D eigenvalue weighted by molar-refractivity contribution is 5.54. The maximum atomic E-state index is 13.0. The average Bonchev–Trinajstić information content (AvgIpc) is 2.60. The van der Waals surface area contributed by atoms with Gasteiger partial charge in [0.2, 0.25) is 0 Å². The van der Waals surface area contributed by atoms with Gasteiger partial charge in [0.25, 0.3) is 0 Å². The number of ether oxygens (including phenoxy) is 2. The number of hydrogen-bond acceptors (Lipinski definition) is 3. The van der Waals surface area contributed by atoms with Crippen LogP contribution in [0.1, 0.15) is 30.4 Å². The SMILES string of the molecule is CC(CN)c1ccc(C(F)(F)F)c2c1OCCCO2. The van der Waals surface area contributed by atoms with Gasteiger partial charge in [-0.05, 0) is 18.5 Å². The van der Waals surface area contributed by atoms with Crippen molar-refractivity contribution in [2.24, 2.45) is 5.73 Å². The number of rotatable bonds is 2. The Morgan fingerprint density at radius 2 is 1.84 bits per heavy atom. The van der Waals surface area contributed by atoms with Crippen molar-refractivity contribution in [2.45, 2.75) is 25.4 Å². The highest BCUT2D eigenvalue weighted by Crippen LogP contribution is 2.46. The van der Waals surface area contributed by atoms with Gasteiger partial charge in [0.1, 0.15) is 5.56 Å². The first-order valence-electron chi connectivity index (χ1n) is 6.15. The summed E-state index contributed by atoms with van der Waals surface area (Å²) in [6.07, 6.45) is -3.90. The molecule has 1 aliphatic heterocycles. The molecule has 3 nitrogen and oxygen atoms in total. The van der Waals surface area contributed by atoms with Crippen LogP contribution in [0.15, 0.2) is 12.1 Å². The van der Waals surface area contributed by atoms with Crippen LogP contribution in [0.3, 0.4) is 0 Å². The predicted molar refractivity (Wildman–Crippen MR) is 64.5 cm³/mol. The van der Waals surface area contributed by atoms with Gasteiger partial charge in [0, 0.05) is 12.0 Å². The van der Waals surface area contributed by atoms with Crippen LogP contribution < -0.4 is 15.2 Å². The van der Waals surface area contributed by atoms with E-state index in [0.717, 1.165) is 6.07 Å². The van der Waals surface area contributed by atoms with Gasteiger partial charge in [-0.3, -0.25) is 0 Å². The molecule has 1 aliphatic rings. The first-order chi connectivity index (χ1) is 8.95. The molecule has 6 heteroatoms. The molecule has 0 aromatic heterocycles. The van der Waals surface area contributed by atoms with Crippen molar-refractivity contribution in [1.29, 1.82) is 0 Å². The molecule has 2 rings (SSSR count). The minimum Gasteiger partial charge on any atom is -0.489 e. The van der Waals surface area contributed by atoms with Crippen LogP contribution >= 0.6 is 0 Å². The van der Waals surface area contributed by atoms with E-state index < -0.39 is 11.7 Å². The van der Waals surface area contributed by atoms with E-state index in [-0.39, 0.29) is 24.0 Å². The Balaban J connectivity index is 2.57. The van der Waals surface area contributed by atoms with Gasteiger partial charge >= 0.3 is 6.18 Å². The summed E-state index contributed by atoms with van der Waals surface area (Å²) in [5.41, 5.74) is 5.45. The molecule has 1 unspecified atom stereocenters. The van der Waals surface area contributed by atoms with E-state index in [1.807, 2.05) is 6.92 Å². The monoisotopic (exact) mass is 275 g/mol. The Morgan fingerprint density at radius 1 is 1.21 bits per heavy atom. The van der Waals surface area contributed by atoms with Crippen molar-refractivity contribution in [2.75, 3.05) is 19.8 Å². The number of alkyl halides is 3. The smallest absolute Gasteiger partial charge is 0.420 e. The standard InChI is InChI=1S/C13H16F3NO2/c1-8(7-17)9-3-4-10(13(14,15)16)12-11(9)18-5-2-6-19-12/h3-4,8H,2,5-7,17H2,1H3. The van der Waals surface area contributed by atoms with Crippen LogP contribution in [0.4, 0.5) is 13.2 Å². The lowest BCUT2D eigenvalue weighted by Crippen LogP contribution is -2.13. The summed E-state index contributed by atoms with van der Waals surface area (Å²) in [6.45, 7) is 2.74. The molecule has 1 atom stereocenters. The summed E-state index contributed by atoms with van der Waals surface area (Å²) in [6, 6.07) is 2.46. The van der Waals surface area contributed by atoms with Crippen molar-refractivity contribution in [3.63, 3.8) is 0 Å². The quantitative estimate of drug-likeness (QED) is 0.902. The maximum Gasteiger partial charge on any atom is 0.420 e. The van der Waals surface area contributed by atoms with E-state index in [1.54, 1.807) is 0 Å². The highest BCUT2D eigenvalue weighted by Gasteiger charge is 2.37. The topological polar surface area (TPSA) is 44.5 Å². The second-order valence-corrected chi connectivity index (χ2v) is 4.55. The van der Waals surface area contributed by atoms with E-state index in [9.17, 15) is 13.2 Å². The van der Waals surface area contributed by atoms with Crippen molar-refractivity contribution in [3.8, 4) is 11.5 Å². The molecule has 1 aromatic rings. The zero-order valence-corrected chi connectivity index (χ0v) is 10.6. The minimum absolute atomic E-state index is 0.0854. The van der Waals surface area contributed by atoms with Crippen LogP contribution in [0.2, 0.25) is 0 Å². The molecule has 0 aliphatic carbocycles. The lowest BCUT2D eigenvalue weighted by molar-refractivity contribution is -0.139. The zero-order chi connectivity index (χ0) is 14.0.